The summed E-state index contributed by atoms with van der Waals surface area (Å²) in [6, 6.07) is 0.587. The molecule has 1 aliphatic carbocycles. The lowest BCUT2D eigenvalue weighted by Gasteiger charge is -2.38. The van der Waals surface area contributed by atoms with Crippen LogP contribution >= 0.6 is 0 Å². The van der Waals surface area contributed by atoms with Gasteiger partial charge in [0.15, 0.2) is 0 Å². The van der Waals surface area contributed by atoms with Crippen LogP contribution in [0.2, 0.25) is 0 Å². The number of carbonyl (C=O) groups is 1. The molecule has 0 aromatic carbocycles. The zero-order valence-electron chi connectivity index (χ0n) is 9.17. The second kappa shape index (κ2) is 4.43. The summed E-state index contributed by atoms with van der Waals surface area (Å²) in [5.41, 5.74) is 0. The number of hydrogen-bond acceptors (Lipinski definition) is 2. The topological polar surface area (TPSA) is 20.3 Å². The molecule has 0 amide bonds. The quantitative estimate of drug-likeness (QED) is 0.673. The fourth-order valence-corrected chi connectivity index (χ4v) is 3.11. The van der Waals surface area contributed by atoms with E-state index in [1.54, 1.807) is 0 Å². The highest BCUT2D eigenvalue weighted by Crippen LogP contribution is 2.32. The first-order valence-corrected chi connectivity index (χ1v) is 6.09. The number of nitrogens with zero attached hydrogens (tertiary/aromatic N) is 1. The Morgan fingerprint density at radius 2 is 2.14 bits per heavy atom. The predicted molar refractivity (Wildman–Crippen MR) is 57.2 cm³/mol. The summed E-state index contributed by atoms with van der Waals surface area (Å²) in [6.45, 7) is 4.55. The Bertz CT molecular complexity index is 214. The molecule has 1 saturated carbocycles. The maximum atomic E-state index is 11.7. The summed E-state index contributed by atoms with van der Waals surface area (Å²) in [7, 11) is 0. The van der Waals surface area contributed by atoms with E-state index in [1.165, 1.54) is 25.8 Å². The van der Waals surface area contributed by atoms with Crippen LogP contribution in [-0.2, 0) is 4.79 Å². The van der Waals surface area contributed by atoms with Gasteiger partial charge in [-0.1, -0.05) is 13.3 Å². The molecule has 0 aromatic heterocycles. The monoisotopic (exact) mass is 195 g/mol. The van der Waals surface area contributed by atoms with Gasteiger partial charge in [0.25, 0.3) is 0 Å². The molecule has 80 valence electrons. The summed E-state index contributed by atoms with van der Waals surface area (Å²) in [5.74, 6) is 0.922. The van der Waals surface area contributed by atoms with Crippen LogP contribution in [0, 0.1) is 5.92 Å². The van der Waals surface area contributed by atoms with Gasteiger partial charge in [-0.2, -0.15) is 0 Å². The van der Waals surface area contributed by atoms with Crippen molar-refractivity contribution in [3.63, 3.8) is 0 Å². The van der Waals surface area contributed by atoms with Crippen LogP contribution in [0.5, 0.6) is 0 Å². The first kappa shape index (κ1) is 10.2. The Morgan fingerprint density at radius 3 is 2.79 bits per heavy atom. The summed E-state index contributed by atoms with van der Waals surface area (Å²) in [4.78, 5) is 14.2. The number of likely N-dealkylation sites (tertiary alicyclic amines) is 1. The van der Waals surface area contributed by atoms with Crippen LogP contribution in [0.15, 0.2) is 0 Å². The minimum Gasteiger partial charge on any atom is -0.300 e. The van der Waals surface area contributed by atoms with Crippen molar-refractivity contribution in [2.45, 2.75) is 51.5 Å². The molecule has 2 unspecified atom stereocenters. The van der Waals surface area contributed by atoms with Crippen LogP contribution in [0.1, 0.15) is 45.4 Å². The Morgan fingerprint density at radius 1 is 1.29 bits per heavy atom. The van der Waals surface area contributed by atoms with E-state index in [9.17, 15) is 4.79 Å². The fraction of sp³-hybridized carbons (Fsp3) is 0.917. The normalized spacial score (nSPS) is 35.1. The molecule has 14 heavy (non-hydrogen) atoms. The van der Waals surface area contributed by atoms with Crippen LogP contribution in [0.3, 0.4) is 0 Å². The van der Waals surface area contributed by atoms with Crippen LogP contribution < -0.4 is 0 Å². The minimum absolute atomic E-state index is 0.384. The highest BCUT2D eigenvalue weighted by Gasteiger charge is 2.35. The van der Waals surface area contributed by atoms with Crippen LogP contribution in [0.25, 0.3) is 0 Å². The van der Waals surface area contributed by atoms with Crippen LogP contribution in [-0.4, -0.2) is 29.8 Å². The summed E-state index contributed by atoms with van der Waals surface area (Å²) >= 11 is 0. The van der Waals surface area contributed by atoms with Crippen molar-refractivity contribution in [3.05, 3.63) is 0 Å². The zero-order chi connectivity index (χ0) is 9.97. The Labute approximate surface area is 86.7 Å². The van der Waals surface area contributed by atoms with Gasteiger partial charge in [-0.3, -0.25) is 9.69 Å². The van der Waals surface area contributed by atoms with E-state index >= 15 is 0 Å². The third-order valence-electron chi connectivity index (χ3n) is 3.89. The Hall–Kier alpha value is -0.370. The van der Waals surface area contributed by atoms with E-state index in [4.69, 9.17) is 0 Å². The van der Waals surface area contributed by atoms with Crippen LogP contribution in [0.4, 0.5) is 0 Å². The molecule has 0 spiro atoms. The van der Waals surface area contributed by atoms with Crippen molar-refractivity contribution in [1.29, 1.82) is 0 Å². The molecule has 1 heterocycles. The number of carbonyl (C=O) groups excluding carboxylic acids is 1. The van der Waals surface area contributed by atoms with Crippen molar-refractivity contribution in [2.75, 3.05) is 13.1 Å². The second-order valence-corrected chi connectivity index (χ2v) is 4.66. The lowest BCUT2D eigenvalue weighted by atomic mass is 9.88. The maximum Gasteiger partial charge on any atom is 0.137 e. The van der Waals surface area contributed by atoms with Crippen molar-refractivity contribution in [1.82, 2.24) is 4.90 Å². The first-order chi connectivity index (χ1) is 6.83. The van der Waals surface area contributed by atoms with Crippen molar-refractivity contribution in [3.8, 4) is 0 Å². The number of piperidine rings is 1. The Balaban J connectivity index is 2.02. The summed E-state index contributed by atoms with van der Waals surface area (Å²) in [5, 5.41) is 0. The smallest absolute Gasteiger partial charge is 0.137 e. The summed E-state index contributed by atoms with van der Waals surface area (Å²) in [6.07, 6.45) is 7.04. The van der Waals surface area contributed by atoms with Gasteiger partial charge >= 0.3 is 0 Å². The summed E-state index contributed by atoms with van der Waals surface area (Å²) < 4.78 is 0. The molecule has 2 rings (SSSR count). The van der Waals surface area contributed by atoms with Gasteiger partial charge in [0.2, 0.25) is 0 Å². The lowest BCUT2D eigenvalue weighted by Crippen LogP contribution is -2.45. The predicted octanol–water partition coefficient (Wildman–Crippen LogP) is 2.23. The number of Topliss-reactive ketones (excluding diaryl/α,β-unsaturated/α-hetero) is 1. The molecular weight excluding hydrogens is 174 g/mol. The molecule has 1 saturated heterocycles. The highest BCUT2D eigenvalue weighted by molar-refractivity contribution is 5.83. The Kier molecular flexibility index (Phi) is 3.22. The standard InChI is InChI=1S/C12H21NO/c1-2-13-9-4-3-7-11(13)10-6-5-8-12(10)14/h10-11H,2-9H2,1H3. The zero-order valence-corrected chi connectivity index (χ0v) is 9.17. The van der Waals surface area contributed by atoms with Crippen molar-refractivity contribution in [2.24, 2.45) is 5.92 Å². The molecule has 2 atom stereocenters. The van der Waals surface area contributed by atoms with Gasteiger partial charge in [-0.25, -0.2) is 0 Å². The average Bonchev–Trinajstić information content (AvgIpc) is 2.64. The van der Waals surface area contributed by atoms with Crippen molar-refractivity contribution >= 4 is 5.78 Å². The minimum atomic E-state index is 0.384. The third-order valence-corrected chi connectivity index (χ3v) is 3.89. The van der Waals surface area contributed by atoms with Gasteiger partial charge < -0.3 is 0 Å². The number of hydrogen-bond donors (Lipinski definition) is 0. The molecular formula is C12H21NO. The van der Waals surface area contributed by atoms with Crippen molar-refractivity contribution < 1.29 is 4.79 Å². The van der Waals surface area contributed by atoms with E-state index in [2.05, 4.69) is 11.8 Å². The first-order valence-electron chi connectivity index (χ1n) is 6.09. The SMILES string of the molecule is CCN1CCCCC1C1CCCC1=O. The average molecular weight is 195 g/mol. The van der Waals surface area contributed by atoms with E-state index in [0.717, 1.165) is 25.8 Å². The van der Waals surface area contributed by atoms with E-state index in [1.807, 2.05) is 0 Å². The van der Waals surface area contributed by atoms with E-state index in [0.29, 0.717) is 17.7 Å². The van der Waals surface area contributed by atoms with Gasteiger partial charge in [-0.05, 0) is 38.8 Å². The number of ketones is 1. The molecule has 2 nitrogen and oxygen atoms in total. The molecule has 0 bridgehead atoms. The van der Waals surface area contributed by atoms with E-state index in [-0.39, 0.29) is 0 Å². The van der Waals surface area contributed by atoms with Gasteiger partial charge in [0.05, 0.1) is 0 Å². The number of rotatable bonds is 2. The van der Waals surface area contributed by atoms with Gasteiger partial charge in [-0.15, -0.1) is 0 Å². The van der Waals surface area contributed by atoms with Gasteiger partial charge in [0, 0.05) is 18.4 Å². The molecule has 0 radical (unpaired) electrons. The molecule has 1 aliphatic heterocycles. The fourth-order valence-electron chi connectivity index (χ4n) is 3.11. The molecule has 2 heteroatoms. The third kappa shape index (κ3) is 1.85. The molecule has 0 aromatic rings. The lowest BCUT2D eigenvalue weighted by molar-refractivity contribution is -0.123. The van der Waals surface area contributed by atoms with E-state index < -0.39 is 0 Å². The molecule has 2 aliphatic rings. The molecule has 0 N–H and O–H groups in total. The molecule has 2 fully saturated rings. The largest absolute Gasteiger partial charge is 0.300 e. The van der Waals surface area contributed by atoms with Gasteiger partial charge in [0.1, 0.15) is 5.78 Å². The second-order valence-electron chi connectivity index (χ2n) is 4.66. The highest BCUT2D eigenvalue weighted by atomic mass is 16.1. The maximum absolute atomic E-state index is 11.7.